The zero-order valence-electron chi connectivity index (χ0n) is 13.8. The average molecular weight is 365 g/mol. The molecule has 0 saturated heterocycles. The van der Waals surface area contributed by atoms with Gasteiger partial charge < -0.3 is 18.9 Å². The predicted octanol–water partition coefficient (Wildman–Crippen LogP) is 2.81. The molecule has 6 nitrogen and oxygen atoms in total. The minimum absolute atomic E-state index is 0.0184. The summed E-state index contributed by atoms with van der Waals surface area (Å²) in [4.78, 5) is 24.6. The average Bonchev–Trinajstić information content (AvgIpc) is 2.92. The highest BCUT2D eigenvalue weighted by Crippen LogP contribution is 2.40. The van der Waals surface area contributed by atoms with E-state index in [2.05, 4.69) is 0 Å². The van der Waals surface area contributed by atoms with Crippen molar-refractivity contribution in [1.82, 2.24) is 0 Å². The molecule has 7 heteroatoms. The van der Waals surface area contributed by atoms with Gasteiger partial charge in [0.25, 0.3) is 0 Å². The summed E-state index contributed by atoms with van der Waals surface area (Å²) >= 11 is 6.51. The minimum atomic E-state index is -0.992. The highest BCUT2D eigenvalue weighted by molar-refractivity contribution is 6.50. The Morgan fingerprint density at radius 2 is 2.04 bits per heavy atom. The Kier molecular flexibility index (Phi) is 4.99. The van der Waals surface area contributed by atoms with Crippen molar-refractivity contribution in [2.24, 2.45) is 0 Å². The fourth-order valence-corrected chi connectivity index (χ4v) is 3.05. The zero-order chi connectivity index (χ0) is 18.0. The van der Waals surface area contributed by atoms with Crippen LogP contribution in [0.3, 0.4) is 0 Å². The molecular formula is C18H17ClO6. The third-order valence-corrected chi connectivity index (χ3v) is 4.25. The van der Waals surface area contributed by atoms with Gasteiger partial charge in [-0.15, -0.1) is 0 Å². The van der Waals surface area contributed by atoms with Crippen molar-refractivity contribution in [2.75, 3.05) is 19.8 Å². The molecule has 1 aromatic carbocycles. The predicted molar refractivity (Wildman–Crippen MR) is 89.9 cm³/mol. The van der Waals surface area contributed by atoms with Crippen LogP contribution in [0, 0.1) is 0 Å². The lowest BCUT2D eigenvalue weighted by Crippen LogP contribution is -2.27. The van der Waals surface area contributed by atoms with Crippen molar-refractivity contribution in [2.45, 2.75) is 20.0 Å². The smallest absolute Gasteiger partial charge is 0.375 e. The normalized spacial score (nSPS) is 19.3. The summed E-state index contributed by atoms with van der Waals surface area (Å²) in [6.07, 6.45) is -0.992. The summed E-state index contributed by atoms with van der Waals surface area (Å²) in [7, 11) is 0. The van der Waals surface area contributed by atoms with Crippen LogP contribution < -0.4 is 4.74 Å². The number of carbonyl (C=O) groups excluding carboxylic acids is 2. The maximum atomic E-state index is 12.4. The second-order valence-corrected chi connectivity index (χ2v) is 5.68. The molecule has 0 aliphatic carbocycles. The van der Waals surface area contributed by atoms with Gasteiger partial charge in [0.1, 0.15) is 17.9 Å². The van der Waals surface area contributed by atoms with E-state index < -0.39 is 18.0 Å². The second-order valence-electron chi connectivity index (χ2n) is 5.31. The number of ether oxygens (including phenoxy) is 4. The molecule has 1 atom stereocenters. The number of halogens is 1. The molecule has 0 bridgehead atoms. The molecule has 0 radical (unpaired) electrons. The van der Waals surface area contributed by atoms with E-state index in [0.717, 1.165) is 0 Å². The first-order valence-electron chi connectivity index (χ1n) is 7.94. The van der Waals surface area contributed by atoms with Crippen molar-refractivity contribution in [1.29, 1.82) is 0 Å². The van der Waals surface area contributed by atoms with Crippen LogP contribution in [0.15, 0.2) is 41.2 Å². The van der Waals surface area contributed by atoms with E-state index in [1.165, 1.54) is 0 Å². The number of cyclic esters (lactones) is 1. The summed E-state index contributed by atoms with van der Waals surface area (Å²) in [5.74, 6) is -0.891. The number of benzene rings is 1. The lowest BCUT2D eigenvalue weighted by Gasteiger charge is -2.24. The molecule has 3 rings (SSSR count). The third kappa shape index (κ3) is 3.09. The highest BCUT2D eigenvalue weighted by atomic mass is 35.5. The number of esters is 2. The summed E-state index contributed by atoms with van der Waals surface area (Å²) < 4.78 is 21.4. The van der Waals surface area contributed by atoms with Crippen molar-refractivity contribution in [3.05, 3.63) is 46.7 Å². The van der Waals surface area contributed by atoms with E-state index in [0.29, 0.717) is 21.9 Å². The second kappa shape index (κ2) is 7.19. The van der Waals surface area contributed by atoms with Crippen LogP contribution in [0.5, 0.6) is 5.75 Å². The standard InChI is InChI=1S/C18H17ClO6/c1-3-22-16-13(17(20)23-4-2)15(25-18(16)21)11-9-24-12-8-6-5-7-10(12)14(11)19/h5-8,15H,3-4,9H2,1-2H3. The number of hydrogen-bond acceptors (Lipinski definition) is 6. The van der Waals surface area contributed by atoms with Gasteiger partial charge in [-0.1, -0.05) is 23.7 Å². The first-order valence-corrected chi connectivity index (χ1v) is 8.32. The van der Waals surface area contributed by atoms with Crippen molar-refractivity contribution < 1.29 is 28.5 Å². The molecule has 0 aromatic heterocycles. The quantitative estimate of drug-likeness (QED) is 0.748. The Bertz CT molecular complexity index is 780. The maximum absolute atomic E-state index is 12.4. The van der Waals surface area contributed by atoms with Gasteiger partial charge in [0.05, 0.1) is 18.2 Å². The Morgan fingerprint density at radius 1 is 1.28 bits per heavy atom. The molecule has 1 aromatic rings. The van der Waals surface area contributed by atoms with Crippen molar-refractivity contribution in [3.63, 3.8) is 0 Å². The van der Waals surface area contributed by atoms with Gasteiger partial charge in [-0.05, 0) is 26.0 Å². The molecule has 0 N–H and O–H groups in total. The molecule has 0 saturated carbocycles. The Labute approximate surface area is 150 Å². The topological polar surface area (TPSA) is 71.1 Å². The fraction of sp³-hybridized carbons (Fsp3) is 0.333. The molecule has 1 unspecified atom stereocenters. The van der Waals surface area contributed by atoms with E-state index in [-0.39, 0.29) is 31.2 Å². The molecular weight excluding hydrogens is 348 g/mol. The number of carbonyl (C=O) groups is 2. The summed E-state index contributed by atoms with van der Waals surface area (Å²) in [5.41, 5.74) is 1.17. The van der Waals surface area contributed by atoms with Crippen LogP contribution in [0.4, 0.5) is 0 Å². The van der Waals surface area contributed by atoms with E-state index in [1.807, 2.05) is 12.1 Å². The van der Waals surface area contributed by atoms with E-state index in [4.69, 9.17) is 30.5 Å². The first-order chi connectivity index (χ1) is 12.1. The highest BCUT2D eigenvalue weighted by Gasteiger charge is 2.44. The van der Waals surface area contributed by atoms with Gasteiger partial charge in [-0.3, -0.25) is 0 Å². The van der Waals surface area contributed by atoms with E-state index in [9.17, 15) is 9.59 Å². The van der Waals surface area contributed by atoms with Gasteiger partial charge in [0.15, 0.2) is 6.10 Å². The molecule has 0 fully saturated rings. The lowest BCUT2D eigenvalue weighted by atomic mass is 9.98. The fourth-order valence-electron chi connectivity index (χ4n) is 2.74. The van der Waals surface area contributed by atoms with Crippen LogP contribution >= 0.6 is 11.6 Å². The monoisotopic (exact) mass is 364 g/mol. The number of para-hydroxylation sites is 1. The molecule has 2 aliphatic rings. The van der Waals surface area contributed by atoms with Crippen molar-refractivity contribution >= 4 is 28.6 Å². The third-order valence-electron chi connectivity index (χ3n) is 3.81. The number of rotatable bonds is 5. The van der Waals surface area contributed by atoms with Gasteiger partial charge in [-0.25, -0.2) is 9.59 Å². The Balaban J connectivity index is 2.07. The molecule has 132 valence electrons. The number of fused-ring (bicyclic) bond motifs is 1. The maximum Gasteiger partial charge on any atom is 0.375 e. The Hall–Kier alpha value is -2.47. The minimum Gasteiger partial charge on any atom is -0.488 e. The molecule has 0 spiro atoms. The van der Waals surface area contributed by atoms with E-state index in [1.54, 1.807) is 26.0 Å². The van der Waals surface area contributed by atoms with Gasteiger partial charge in [-0.2, -0.15) is 0 Å². The number of hydrogen-bond donors (Lipinski definition) is 0. The molecule has 2 heterocycles. The van der Waals surface area contributed by atoms with Crippen LogP contribution in [0.2, 0.25) is 0 Å². The van der Waals surface area contributed by atoms with Gasteiger partial charge >= 0.3 is 11.9 Å². The molecule has 0 amide bonds. The summed E-state index contributed by atoms with van der Waals surface area (Å²) in [5, 5.41) is 0.388. The van der Waals surface area contributed by atoms with Crippen LogP contribution in [-0.4, -0.2) is 37.9 Å². The van der Waals surface area contributed by atoms with Crippen LogP contribution in [0.1, 0.15) is 19.4 Å². The van der Waals surface area contributed by atoms with Gasteiger partial charge in [0.2, 0.25) is 5.76 Å². The molecule has 25 heavy (non-hydrogen) atoms. The molecule has 2 aliphatic heterocycles. The largest absolute Gasteiger partial charge is 0.488 e. The van der Waals surface area contributed by atoms with Gasteiger partial charge in [0, 0.05) is 11.1 Å². The van der Waals surface area contributed by atoms with Crippen LogP contribution in [-0.2, 0) is 23.8 Å². The lowest BCUT2D eigenvalue weighted by molar-refractivity contribution is -0.142. The zero-order valence-corrected chi connectivity index (χ0v) is 14.6. The first kappa shape index (κ1) is 17.4. The van der Waals surface area contributed by atoms with E-state index >= 15 is 0 Å². The SMILES string of the molecule is CCOC(=O)C1=C(OCC)C(=O)OC1C1=C(Cl)c2ccccc2OC1. The summed E-state index contributed by atoms with van der Waals surface area (Å²) in [6.45, 7) is 3.86. The summed E-state index contributed by atoms with van der Waals surface area (Å²) in [6, 6.07) is 7.25. The Morgan fingerprint density at radius 3 is 2.76 bits per heavy atom. The van der Waals surface area contributed by atoms with Crippen LogP contribution in [0.25, 0.3) is 5.03 Å². The van der Waals surface area contributed by atoms with Crippen molar-refractivity contribution in [3.8, 4) is 5.75 Å².